The number of para-hydroxylation sites is 1. The normalized spacial score (nSPS) is 11.9. The number of aliphatic hydroxyl groups is 2. The summed E-state index contributed by atoms with van der Waals surface area (Å²) >= 11 is 0. The van der Waals surface area contributed by atoms with Gasteiger partial charge in [-0.25, -0.2) is 75.1 Å². The molecule has 32 heteroatoms. The summed E-state index contributed by atoms with van der Waals surface area (Å²) in [6.07, 6.45) is 1.95. The minimum absolute atomic E-state index is 0.0187. The fraction of sp³-hybridized carbons (Fsp3) is 0.500. The summed E-state index contributed by atoms with van der Waals surface area (Å²) in [5.41, 5.74) is 32.4. The molecule has 0 spiro atoms. The molecular weight excluding hydrogens is 1050 g/mol. The number of carbonyl (C=O) groups excluding carboxylic acids is 10. The summed E-state index contributed by atoms with van der Waals surface area (Å²) in [6.45, 7) is 3.47. The Labute approximate surface area is 461 Å². The largest absolute Gasteiger partial charge is 0.508 e. The highest BCUT2D eigenvalue weighted by molar-refractivity contribution is 5.92. The number of aromatic hydroxyl groups is 1. The molecule has 0 aliphatic heterocycles. The quantitative estimate of drug-likeness (QED) is 0.0351. The number of nitrogens with zero attached hydrogens (tertiary/aromatic N) is 6. The molecule has 0 fully saturated rings. The number of nitrogens with one attached hydrogen (secondary N) is 10. The van der Waals surface area contributed by atoms with E-state index in [1.54, 1.807) is 26.1 Å². The molecule has 0 bridgehead atoms. The average Bonchev–Trinajstić information content (AvgIpc) is 3.87. The van der Waals surface area contributed by atoms with Crippen molar-refractivity contribution < 1.29 is 63.3 Å². The zero-order valence-electron chi connectivity index (χ0n) is 45.5. The second-order valence-corrected chi connectivity index (χ2v) is 18.7. The van der Waals surface area contributed by atoms with Crippen molar-refractivity contribution in [3.05, 3.63) is 65.9 Å². The number of amides is 16. The second-order valence-electron chi connectivity index (χ2n) is 18.7. The third-order valence-electron chi connectivity index (χ3n) is 11.2. The lowest BCUT2D eigenvalue weighted by molar-refractivity contribution is -0.128. The van der Waals surface area contributed by atoms with Crippen LogP contribution in [0.2, 0.25) is 0 Å². The van der Waals surface area contributed by atoms with E-state index in [4.69, 9.17) is 17.2 Å². The molecule has 442 valence electrons. The number of hydrogen-bond donors (Lipinski definition) is 16. The van der Waals surface area contributed by atoms with Gasteiger partial charge in [0.2, 0.25) is 11.8 Å². The van der Waals surface area contributed by atoms with Crippen molar-refractivity contribution in [1.29, 1.82) is 0 Å². The lowest BCUT2D eigenvalue weighted by Gasteiger charge is -2.32. The van der Waals surface area contributed by atoms with Crippen LogP contribution in [0.4, 0.5) is 28.8 Å². The number of hydrazine groups is 6. The molecule has 3 rings (SSSR count). The highest BCUT2D eigenvalue weighted by Crippen LogP contribution is 2.19. The Morgan fingerprint density at radius 1 is 0.637 bits per heavy atom. The van der Waals surface area contributed by atoms with Crippen LogP contribution in [0, 0.1) is 5.92 Å². The van der Waals surface area contributed by atoms with Gasteiger partial charge in [0.1, 0.15) is 17.8 Å². The topological polar surface area (TPSA) is 453 Å². The number of carbonyl (C=O) groups is 10. The summed E-state index contributed by atoms with van der Waals surface area (Å²) in [4.78, 5) is 137. The molecule has 2 aromatic carbocycles. The number of urea groups is 6. The predicted octanol–water partition coefficient (Wildman–Crippen LogP) is -1.71. The van der Waals surface area contributed by atoms with Crippen LogP contribution in [0.5, 0.6) is 5.75 Å². The molecule has 0 aliphatic carbocycles. The van der Waals surface area contributed by atoms with E-state index < -0.39 is 97.7 Å². The van der Waals surface area contributed by atoms with Gasteiger partial charge in [-0.1, -0.05) is 44.2 Å². The van der Waals surface area contributed by atoms with Gasteiger partial charge >= 0.3 is 36.2 Å². The predicted molar refractivity (Wildman–Crippen MR) is 288 cm³/mol. The van der Waals surface area contributed by atoms with Crippen molar-refractivity contribution in [2.45, 2.75) is 91.0 Å². The first kappa shape index (κ1) is 65.4. The van der Waals surface area contributed by atoms with Crippen LogP contribution in [-0.4, -0.2) is 188 Å². The van der Waals surface area contributed by atoms with Crippen molar-refractivity contribution in [3.8, 4) is 5.75 Å². The molecular formula is C48H77N19O13. The smallest absolute Gasteiger partial charge is 0.355 e. The molecule has 1 heterocycles. The van der Waals surface area contributed by atoms with Gasteiger partial charge in [0.15, 0.2) is 0 Å². The van der Waals surface area contributed by atoms with Gasteiger partial charge in [0, 0.05) is 50.7 Å². The highest BCUT2D eigenvalue weighted by Gasteiger charge is 2.32. The first-order valence-corrected chi connectivity index (χ1v) is 25.6. The third-order valence-corrected chi connectivity index (χ3v) is 11.2. The molecule has 19 N–H and O–H groups in total. The van der Waals surface area contributed by atoms with Crippen LogP contribution < -0.4 is 65.7 Å². The van der Waals surface area contributed by atoms with Crippen molar-refractivity contribution in [1.82, 2.24) is 83.5 Å². The number of aromatic nitrogens is 1. The Bertz CT molecular complexity index is 2550. The fourth-order valence-corrected chi connectivity index (χ4v) is 7.24. The van der Waals surface area contributed by atoms with Gasteiger partial charge in [-0.3, -0.25) is 35.5 Å². The van der Waals surface area contributed by atoms with E-state index in [-0.39, 0.29) is 70.2 Å². The number of H-pyrrole nitrogens is 1. The van der Waals surface area contributed by atoms with Gasteiger partial charge < -0.3 is 53.5 Å². The SMILES string of the molecule is CC(=O)NN(C[C@H](C)O)C(=O)NN(CCCCN)C(=O)N[C@@H](CO)C(=O)NN(Cc1ccc(O)cc1)C(=O)NN(CCc1c[nH]c2ccccc12)C(=O)N[C@@H](CCCCN)C(=O)NN(C)C(=O)NN(CC(C)C)C(=O)NCC(N)=O. The third kappa shape index (κ3) is 22.6. The van der Waals surface area contributed by atoms with Gasteiger partial charge in [-0.15, -0.1) is 0 Å². The van der Waals surface area contributed by atoms with E-state index >= 15 is 0 Å². The molecule has 1 aromatic heterocycles. The summed E-state index contributed by atoms with van der Waals surface area (Å²) in [5, 5.41) is 43.0. The first-order valence-electron chi connectivity index (χ1n) is 25.6. The Balaban J connectivity index is 1.98. The van der Waals surface area contributed by atoms with Gasteiger partial charge in [-0.2, -0.15) is 0 Å². The van der Waals surface area contributed by atoms with E-state index in [2.05, 4.69) is 53.5 Å². The number of phenolic OH excluding ortho intramolecular Hbond substituents is 1. The Morgan fingerprint density at radius 2 is 1.21 bits per heavy atom. The number of aromatic amines is 1. The molecule has 3 aromatic rings. The minimum Gasteiger partial charge on any atom is -0.508 e. The Hall–Kier alpha value is -8.88. The number of hydrogen-bond acceptors (Lipinski definition) is 15. The number of primary amides is 1. The maximum absolute atomic E-state index is 14.5. The molecule has 0 saturated carbocycles. The van der Waals surface area contributed by atoms with Crippen molar-refractivity contribution in [2.75, 3.05) is 59.5 Å². The van der Waals surface area contributed by atoms with Crippen LogP contribution in [-0.2, 0) is 32.1 Å². The number of nitrogens with two attached hydrogens (primary N) is 3. The molecule has 80 heavy (non-hydrogen) atoms. The molecule has 0 radical (unpaired) electrons. The summed E-state index contributed by atoms with van der Waals surface area (Å²) in [7, 11) is 1.17. The maximum Gasteiger partial charge on any atom is 0.355 e. The number of rotatable bonds is 24. The van der Waals surface area contributed by atoms with Gasteiger partial charge in [-0.05, 0) is 93.8 Å². The fourth-order valence-electron chi connectivity index (χ4n) is 7.24. The standard InChI is InChI=1S/C48H77N19O13/c1-30(2)26-65(43(75)53-25-40(51)72)59-46(78)62(5)57-41(73)38(14-8-9-20-49)54-44(76)64(23-19-34-24-52-37-13-7-6-12-36(34)37)61-48(80)67(28-33-15-17-35(71)18-16-33)58-42(74)39(29-68)55-45(77)63(22-11-10-21-50)60-47(79)66(27-31(3)69)56-32(4)70/h6-7,12-13,15-18,24,30-31,38-39,52,68-69,71H,8-11,14,19-23,25-29,49-50H2,1-5H3,(H2,51,72)(H,53,75)(H,54,76)(H,55,77)(H,56,70)(H,57,73)(H,58,74)(H,59,78)(H,60,79)(H,61,80)/t31-,38-,39-/m0/s1. The lowest BCUT2D eigenvalue weighted by atomic mass is 10.1. The number of phenols is 1. The second kappa shape index (κ2) is 33.4. The van der Waals surface area contributed by atoms with Crippen LogP contribution in [0.25, 0.3) is 10.9 Å². The molecule has 0 unspecified atom stereocenters. The molecule has 16 amide bonds. The van der Waals surface area contributed by atoms with Crippen LogP contribution in [0.1, 0.15) is 70.9 Å². The Morgan fingerprint density at radius 3 is 1.81 bits per heavy atom. The van der Waals surface area contributed by atoms with E-state index in [1.165, 1.54) is 38.2 Å². The van der Waals surface area contributed by atoms with Crippen molar-refractivity contribution in [3.63, 3.8) is 0 Å². The maximum atomic E-state index is 14.5. The van der Waals surface area contributed by atoms with E-state index in [9.17, 15) is 63.3 Å². The molecule has 0 aliphatic rings. The number of aliphatic hydroxyl groups excluding tert-OH is 2. The van der Waals surface area contributed by atoms with Crippen LogP contribution >= 0.6 is 0 Å². The van der Waals surface area contributed by atoms with E-state index in [1.807, 2.05) is 18.2 Å². The molecule has 32 nitrogen and oxygen atoms in total. The zero-order chi connectivity index (χ0) is 59.5. The number of unbranched alkanes of at least 4 members (excludes halogenated alkanes) is 2. The monoisotopic (exact) mass is 1130 g/mol. The van der Waals surface area contributed by atoms with Crippen LogP contribution in [0.3, 0.4) is 0 Å². The lowest BCUT2D eigenvalue weighted by Crippen LogP contribution is -2.64. The molecule has 0 saturated heterocycles. The average molecular weight is 1130 g/mol. The molecule has 3 atom stereocenters. The van der Waals surface area contributed by atoms with E-state index in [0.717, 1.165) is 42.9 Å². The van der Waals surface area contributed by atoms with Crippen molar-refractivity contribution >= 4 is 70.7 Å². The summed E-state index contributed by atoms with van der Waals surface area (Å²) < 4.78 is 0. The Kier molecular flexibility index (Phi) is 27.3. The zero-order valence-corrected chi connectivity index (χ0v) is 45.5. The van der Waals surface area contributed by atoms with Gasteiger partial charge in [0.05, 0.1) is 32.3 Å². The van der Waals surface area contributed by atoms with Gasteiger partial charge in [0.25, 0.3) is 11.8 Å². The minimum atomic E-state index is -1.83. The first-order chi connectivity index (χ1) is 38.0. The van der Waals surface area contributed by atoms with Crippen LogP contribution in [0.15, 0.2) is 54.7 Å². The number of benzene rings is 2. The highest BCUT2D eigenvalue weighted by atomic mass is 16.3. The summed E-state index contributed by atoms with van der Waals surface area (Å²) in [5.74, 6) is -3.92. The summed E-state index contributed by atoms with van der Waals surface area (Å²) in [6, 6.07) is 3.19. The van der Waals surface area contributed by atoms with E-state index in [0.29, 0.717) is 35.4 Å². The van der Waals surface area contributed by atoms with Crippen molar-refractivity contribution in [2.24, 2.45) is 23.1 Å². The number of fused-ring (bicyclic) bond motifs is 1.